The summed E-state index contributed by atoms with van der Waals surface area (Å²) in [6.45, 7) is 2.05. The maximum Gasteiger partial charge on any atom is 0.224 e. The number of rotatable bonds is 4. The first-order valence-electron chi connectivity index (χ1n) is 10.2. The smallest absolute Gasteiger partial charge is 0.224 e. The normalized spacial score (nSPS) is 22.4. The summed E-state index contributed by atoms with van der Waals surface area (Å²) in [7, 11) is 1.89. The highest BCUT2D eigenvalue weighted by Crippen LogP contribution is 2.33. The molecule has 1 aliphatic rings. The van der Waals surface area contributed by atoms with Gasteiger partial charge in [0.15, 0.2) is 0 Å². The van der Waals surface area contributed by atoms with E-state index in [2.05, 4.69) is 43.6 Å². The average molecular weight is 391 g/mol. The monoisotopic (exact) mass is 391 g/mol. The molecule has 0 aliphatic heterocycles. The van der Waals surface area contributed by atoms with Crippen molar-refractivity contribution in [1.82, 2.24) is 29.9 Å². The second-order valence-electron chi connectivity index (χ2n) is 8.07. The van der Waals surface area contributed by atoms with Crippen molar-refractivity contribution < 1.29 is 5.11 Å². The van der Waals surface area contributed by atoms with Gasteiger partial charge in [0.25, 0.3) is 0 Å². The third-order valence-electron chi connectivity index (χ3n) is 6.26. The van der Waals surface area contributed by atoms with Crippen LogP contribution in [0, 0.1) is 0 Å². The Labute approximate surface area is 168 Å². The van der Waals surface area contributed by atoms with E-state index in [1.165, 1.54) is 0 Å². The molecule has 150 valence electrons. The fraction of sp³-hybridized carbons (Fsp3) is 0.429. The molecule has 0 saturated heterocycles. The number of anilines is 1. The zero-order valence-electron chi connectivity index (χ0n) is 16.7. The maximum atomic E-state index is 10.4. The minimum atomic E-state index is -0.498. The second kappa shape index (κ2) is 6.81. The van der Waals surface area contributed by atoms with Gasteiger partial charge in [0.1, 0.15) is 11.2 Å². The highest BCUT2D eigenvalue weighted by molar-refractivity contribution is 5.95. The van der Waals surface area contributed by atoms with Gasteiger partial charge in [-0.25, -0.2) is 9.67 Å². The first-order valence-corrected chi connectivity index (χ1v) is 10.2. The predicted molar refractivity (Wildman–Crippen MR) is 113 cm³/mol. The van der Waals surface area contributed by atoms with E-state index in [-0.39, 0.29) is 0 Å². The standard InChI is InChI=1S/C21H25N7O/c1-3-21(29)8-6-14(7-9-21)24-20-23-12-16-15(11-22-19(16)25-20)13-4-5-17-18(10-13)28(2)27-26-17/h4-5,10-12,14,29H,3,6-9H2,1-2H3,(H2,22,23,24,25)/t14-,21+. The van der Waals surface area contributed by atoms with Gasteiger partial charge in [0, 0.05) is 36.4 Å². The fourth-order valence-corrected chi connectivity index (χ4v) is 4.25. The number of aromatic nitrogens is 6. The summed E-state index contributed by atoms with van der Waals surface area (Å²) in [6, 6.07) is 6.41. The average Bonchev–Trinajstić information content (AvgIpc) is 3.33. The molecule has 0 unspecified atom stereocenters. The molecule has 3 heterocycles. The molecular weight excluding hydrogens is 366 g/mol. The van der Waals surface area contributed by atoms with E-state index in [1.807, 2.05) is 31.6 Å². The number of nitrogens with one attached hydrogen (secondary N) is 2. The van der Waals surface area contributed by atoms with Crippen LogP contribution in [0.5, 0.6) is 0 Å². The minimum Gasteiger partial charge on any atom is -0.390 e. The van der Waals surface area contributed by atoms with Gasteiger partial charge < -0.3 is 15.4 Å². The van der Waals surface area contributed by atoms with Gasteiger partial charge in [-0.3, -0.25) is 0 Å². The summed E-state index contributed by atoms with van der Waals surface area (Å²) in [5.74, 6) is 0.629. The molecule has 29 heavy (non-hydrogen) atoms. The molecule has 0 amide bonds. The van der Waals surface area contributed by atoms with Crippen molar-refractivity contribution in [2.75, 3.05) is 5.32 Å². The first kappa shape index (κ1) is 18.1. The molecule has 4 aromatic rings. The van der Waals surface area contributed by atoms with Crippen molar-refractivity contribution in [1.29, 1.82) is 0 Å². The molecule has 8 nitrogen and oxygen atoms in total. The van der Waals surface area contributed by atoms with Gasteiger partial charge >= 0.3 is 0 Å². The van der Waals surface area contributed by atoms with Crippen molar-refractivity contribution in [2.24, 2.45) is 7.05 Å². The van der Waals surface area contributed by atoms with E-state index >= 15 is 0 Å². The number of benzene rings is 1. The lowest BCUT2D eigenvalue weighted by Gasteiger charge is -2.35. The van der Waals surface area contributed by atoms with Crippen LogP contribution in [0.1, 0.15) is 39.0 Å². The molecule has 3 N–H and O–H groups in total. The van der Waals surface area contributed by atoms with Crippen LogP contribution in [0.4, 0.5) is 5.95 Å². The van der Waals surface area contributed by atoms with Gasteiger partial charge in [0.2, 0.25) is 5.95 Å². The molecule has 1 fully saturated rings. The Morgan fingerprint density at radius 3 is 2.93 bits per heavy atom. The van der Waals surface area contributed by atoms with Crippen molar-refractivity contribution >= 4 is 28.0 Å². The molecule has 0 atom stereocenters. The van der Waals surface area contributed by atoms with Gasteiger partial charge in [-0.2, -0.15) is 4.98 Å². The number of aliphatic hydroxyl groups is 1. The molecule has 0 radical (unpaired) electrons. The number of aromatic amines is 1. The van der Waals surface area contributed by atoms with Crippen LogP contribution < -0.4 is 5.32 Å². The van der Waals surface area contributed by atoms with E-state index in [9.17, 15) is 5.11 Å². The summed E-state index contributed by atoms with van der Waals surface area (Å²) < 4.78 is 1.77. The largest absolute Gasteiger partial charge is 0.390 e. The van der Waals surface area contributed by atoms with Gasteiger partial charge in [-0.1, -0.05) is 18.2 Å². The van der Waals surface area contributed by atoms with Crippen LogP contribution in [0.3, 0.4) is 0 Å². The molecule has 1 aromatic carbocycles. The van der Waals surface area contributed by atoms with Crippen molar-refractivity contribution in [3.63, 3.8) is 0 Å². The number of hydrogen-bond acceptors (Lipinski definition) is 6. The van der Waals surface area contributed by atoms with Crippen LogP contribution in [-0.4, -0.2) is 46.7 Å². The molecule has 0 bridgehead atoms. The summed E-state index contributed by atoms with van der Waals surface area (Å²) >= 11 is 0. The highest BCUT2D eigenvalue weighted by atomic mass is 16.3. The highest BCUT2D eigenvalue weighted by Gasteiger charge is 2.31. The summed E-state index contributed by atoms with van der Waals surface area (Å²) in [5.41, 5.74) is 4.30. The molecule has 1 aliphatic carbocycles. The van der Waals surface area contributed by atoms with Gasteiger partial charge in [-0.15, -0.1) is 5.10 Å². The van der Waals surface area contributed by atoms with E-state index in [0.717, 1.165) is 65.3 Å². The SMILES string of the molecule is CC[C@]1(O)CC[C@@H](Nc2ncc3c(-c4ccc5nnn(C)c5c4)c[nH]c3n2)CC1. The Kier molecular flexibility index (Phi) is 4.24. The lowest BCUT2D eigenvalue weighted by atomic mass is 9.80. The lowest BCUT2D eigenvalue weighted by molar-refractivity contribution is -0.00197. The third-order valence-corrected chi connectivity index (χ3v) is 6.26. The number of hydrogen-bond donors (Lipinski definition) is 3. The topological polar surface area (TPSA) is 105 Å². The summed E-state index contributed by atoms with van der Waals surface area (Å²) in [5, 5.41) is 23.0. The molecular formula is C21H25N7O. The van der Waals surface area contributed by atoms with E-state index in [4.69, 9.17) is 0 Å². The zero-order valence-corrected chi connectivity index (χ0v) is 16.7. The number of nitrogens with zero attached hydrogens (tertiary/aromatic N) is 5. The van der Waals surface area contributed by atoms with Crippen LogP contribution in [0.25, 0.3) is 33.2 Å². The predicted octanol–water partition coefficient (Wildman–Crippen LogP) is 3.40. The van der Waals surface area contributed by atoms with Crippen LogP contribution in [-0.2, 0) is 7.05 Å². The van der Waals surface area contributed by atoms with Gasteiger partial charge in [0.05, 0.1) is 11.1 Å². The molecule has 5 rings (SSSR count). The zero-order chi connectivity index (χ0) is 20.0. The third kappa shape index (κ3) is 3.23. The quantitative estimate of drug-likeness (QED) is 0.492. The van der Waals surface area contributed by atoms with E-state index in [1.54, 1.807) is 4.68 Å². The first-order chi connectivity index (χ1) is 14.0. The molecule has 8 heteroatoms. The fourth-order valence-electron chi connectivity index (χ4n) is 4.25. The van der Waals surface area contributed by atoms with Gasteiger partial charge in [-0.05, 0) is 49.8 Å². The van der Waals surface area contributed by atoms with Crippen LogP contribution in [0.15, 0.2) is 30.6 Å². The van der Waals surface area contributed by atoms with Crippen LogP contribution in [0.2, 0.25) is 0 Å². The maximum absolute atomic E-state index is 10.4. The number of fused-ring (bicyclic) bond motifs is 2. The summed E-state index contributed by atoms with van der Waals surface area (Å²) in [4.78, 5) is 12.5. The lowest BCUT2D eigenvalue weighted by Crippen LogP contribution is -2.38. The molecule has 3 aromatic heterocycles. The molecule has 0 spiro atoms. The van der Waals surface area contributed by atoms with Crippen molar-refractivity contribution in [3.8, 4) is 11.1 Å². The van der Waals surface area contributed by atoms with Crippen molar-refractivity contribution in [3.05, 3.63) is 30.6 Å². The Bertz CT molecular complexity index is 1170. The Balaban J connectivity index is 1.39. The Hall–Kier alpha value is -3.00. The number of H-pyrrole nitrogens is 1. The number of aryl methyl sites for hydroxylation is 1. The molecule has 1 saturated carbocycles. The van der Waals surface area contributed by atoms with E-state index in [0.29, 0.717) is 12.0 Å². The second-order valence-corrected chi connectivity index (χ2v) is 8.07. The van der Waals surface area contributed by atoms with Crippen molar-refractivity contribution in [2.45, 2.75) is 50.7 Å². The van der Waals surface area contributed by atoms with E-state index < -0.39 is 5.60 Å². The minimum absolute atomic E-state index is 0.299. The van der Waals surface area contributed by atoms with Crippen LogP contribution >= 0.6 is 0 Å². The Morgan fingerprint density at radius 2 is 2.14 bits per heavy atom. The Morgan fingerprint density at radius 1 is 1.31 bits per heavy atom. The summed E-state index contributed by atoms with van der Waals surface area (Å²) in [6.07, 6.45) is 8.15.